The Morgan fingerprint density at radius 3 is 2.15 bits per heavy atom. The van der Waals surface area contributed by atoms with Gasteiger partial charge in [0.05, 0.1) is 25.7 Å². The van der Waals surface area contributed by atoms with Crippen LogP contribution in [0.4, 0.5) is 5.69 Å². The van der Waals surface area contributed by atoms with Gasteiger partial charge in [-0.15, -0.1) is 0 Å². The van der Waals surface area contributed by atoms with Crippen molar-refractivity contribution in [1.82, 2.24) is 4.83 Å². The lowest BCUT2D eigenvalue weighted by molar-refractivity contribution is 0.102. The number of anilines is 1. The summed E-state index contributed by atoms with van der Waals surface area (Å²) in [5.41, 5.74) is 2.87. The van der Waals surface area contributed by atoms with Crippen LogP contribution in [0.3, 0.4) is 0 Å². The quantitative estimate of drug-likeness (QED) is 0.368. The Hall–Kier alpha value is -3.85. The minimum atomic E-state index is -3.62. The minimum Gasteiger partial charge on any atom is -0.493 e. The van der Waals surface area contributed by atoms with E-state index in [-0.39, 0.29) is 11.7 Å². The van der Waals surface area contributed by atoms with Crippen LogP contribution < -0.4 is 19.6 Å². The topological polar surface area (TPSA) is 106 Å². The predicted molar refractivity (Wildman–Crippen MR) is 128 cm³/mol. The first-order valence-electron chi connectivity index (χ1n) is 10.0. The zero-order chi connectivity index (χ0) is 23.8. The molecule has 0 radical (unpaired) electrons. The van der Waals surface area contributed by atoms with Gasteiger partial charge in [-0.25, -0.2) is 13.2 Å². The van der Waals surface area contributed by atoms with Crippen molar-refractivity contribution in [2.45, 2.75) is 12.7 Å². The van der Waals surface area contributed by atoms with E-state index in [9.17, 15) is 13.2 Å². The van der Waals surface area contributed by atoms with Crippen LogP contribution in [0.5, 0.6) is 11.5 Å². The normalized spacial score (nSPS) is 11.5. The van der Waals surface area contributed by atoms with Crippen molar-refractivity contribution in [2.75, 3.05) is 19.5 Å². The molecule has 1 amide bonds. The average Bonchev–Trinajstić information content (AvgIpc) is 2.83. The molecule has 0 atom stereocenters. The van der Waals surface area contributed by atoms with E-state index >= 15 is 0 Å². The molecular formula is C24H25N3O5S. The van der Waals surface area contributed by atoms with Gasteiger partial charge in [0.1, 0.15) is 0 Å². The highest BCUT2D eigenvalue weighted by atomic mass is 32.2. The predicted octanol–water partition coefficient (Wildman–Crippen LogP) is 3.80. The molecule has 3 rings (SSSR count). The molecule has 0 aliphatic rings. The number of methoxy groups -OCH3 is 2. The summed E-state index contributed by atoms with van der Waals surface area (Å²) >= 11 is 0. The summed E-state index contributed by atoms with van der Waals surface area (Å²) in [5, 5.41) is 6.81. The Morgan fingerprint density at radius 1 is 0.879 bits per heavy atom. The van der Waals surface area contributed by atoms with Gasteiger partial charge in [0.15, 0.2) is 11.5 Å². The van der Waals surface area contributed by atoms with E-state index in [2.05, 4.69) is 15.2 Å². The molecule has 172 valence electrons. The van der Waals surface area contributed by atoms with Gasteiger partial charge in [0.2, 0.25) is 0 Å². The molecule has 3 aromatic rings. The molecule has 0 fully saturated rings. The largest absolute Gasteiger partial charge is 0.493 e. The Bertz CT molecular complexity index is 1240. The molecule has 8 nitrogen and oxygen atoms in total. The highest BCUT2D eigenvalue weighted by Crippen LogP contribution is 2.27. The van der Waals surface area contributed by atoms with Crippen LogP contribution in [0, 0.1) is 0 Å². The standard InChI is InChI=1S/C24H25N3O5S/c1-17(26-27-33(29,30)16-18-7-5-4-6-8-18)19-9-12-21(13-10-19)25-24(28)20-11-14-22(31-2)23(15-20)32-3/h4-15,27H,16H2,1-3H3,(H,25,28)/b26-17-. The third-order valence-electron chi connectivity index (χ3n) is 4.76. The number of sulfonamides is 1. The van der Waals surface area contributed by atoms with Crippen molar-refractivity contribution in [3.63, 3.8) is 0 Å². The van der Waals surface area contributed by atoms with E-state index in [0.717, 1.165) is 0 Å². The molecule has 0 bridgehead atoms. The van der Waals surface area contributed by atoms with Crippen LogP contribution in [0.15, 0.2) is 77.9 Å². The molecule has 0 aliphatic carbocycles. The molecule has 33 heavy (non-hydrogen) atoms. The molecule has 0 aliphatic heterocycles. The monoisotopic (exact) mass is 467 g/mol. The number of hydrogen-bond acceptors (Lipinski definition) is 6. The third kappa shape index (κ3) is 6.56. The average molecular weight is 468 g/mol. The van der Waals surface area contributed by atoms with Gasteiger partial charge >= 0.3 is 0 Å². The van der Waals surface area contributed by atoms with E-state index in [1.54, 1.807) is 73.7 Å². The Labute approximate surface area is 193 Å². The highest BCUT2D eigenvalue weighted by Gasteiger charge is 2.12. The number of nitrogens with one attached hydrogen (secondary N) is 2. The van der Waals surface area contributed by atoms with Gasteiger partial charge in [0, 0.05) is 11.3 Å². The summed E-state index contributed by atoms with van der Waals surface area (Å²) < 4.78 is 34.9. The number of carbonyl (C=O) groups is 1. The van der Waals surface area contributed by atoms with E-state index in [1.807, 2.05) is 6.07 Å². The van der Waals surface area contributed by atoms with Gasteiger partial charge in [-0.1, -0.05) is 42.5 Å². The number of amides is 1. The molecule has 0 unspecified atom stereocenters. The summed E-state index contributed by atoms with van der Waals surface area (Å²) in [6.45, 7) is 1.70. The minimum absolute atomic E-state index is 0.161. The van der Waals surface area contributed by atoms with Crippen molar-refractivity contribution in [3.05, 3.63) is 89.5 Å². The molecule has 0 aromatic heterocycles. The van der Waals surface area contributed by atoms with Crippen LogP contribution in [0.2, 0.25) is 0 Å². The van der Waals surface area contributed by atoms with Crippen LogP contribution in [-0.2, 0) is 15.8 Å². The van der Waals surface area contributed by atoms with Crippen LogP contribution in [0.25, 0.3) is 0 Å². The van der Waals surface area contributed by atoms with Crippen LogP contribution in [-0.4, -0.2) is 34.3 Å². The number of hydrogen-bond donors (Lipinski definition) is 2. The molecule has 0 spiro atoms. The maximum atomic E-state index is 12.6. The fraction of sp³-hybridized carbons (Fsp3) is 0.167. The Balaban J connectivity index is 1.64. The summed E-state index contributed by atoms with van der Waals surface area (Å²) in [6.07, 6.45) is 0. The lowest BCUT2D eigenvalue weighted by Crippen LogP contribution is -2.21. The van der Waals surface area contributed by atoms with Crippen molar-refractivity contribution < 1.29 is 22.7 Å². The molecule has 3 aromatic carbocycles. The molecular weight excluding hydrogens is 442 g/mol. The van der Waals surface area contributed by atoms with E-state index in [0.29, 0.717) is 39.6 Å². The number of ether oxygens (including phenoxy) is 2. The number of nitrogens with zero attached hydrogens (tertiary/aromatic N) is 1. The number of benzene rings is 3. The van der Waals surface area contributed by atoms with Gasteiger partial charge < -0.3 is 14.8 Å². The molecule has 0 saturated carbocycles. The lowest BCUT2D eigenvalue weighted by Gasteiger charge is -2.10. The van der Waals surface area contributed by atoms with Gasteiger partial charge in [-0.2, -0.15) is 5.10 Å². The second kappa shape index (κ2) is 10.6. The van der Waals surface area contributed by atoms with E-state index < -0.39 is 10.0 Å². The van der Waals surface area contributed by atoms with Gasteiger partial charge in [-0.05, 0) is 48.4 Å². The number of rotatable bonds is 9. The SMILES string of the molecule is COc1ccc(C(=O)Nc2ccc(/C(C)=N\NS(=O)(=O)Cc3ccccc3)cc2)cc1OC. The summed E-state index contributed by atoms with van der Waals surface area (Å²) in [6, 6.07) is 20.7. The molecule has 0 saturated heterocycles. The first kappa shape index (κ1) is 23.8. The van der Waals surface area contributed by atoms with Crippen molar-refractivity contribution in [1.29, 1.82) is 0 Å². The molecule has 0 heterocycles. The van der Waals surface area contributed by atoms with Crippen LogP contribution >= 0.6 is 0 Å². The first-order valence-corrected chi connectivity index (χ1v) is 11.7. The smallest absolute Gasteiger partial charge is 0.255 e. The number of hydrazone groups is 1. The van der Waals surface area contributed by atoms with Gasteiger partial charge in [0.25, 0.3) is 15.9 Å². The van der Waals surface area contributed by atoms with Crippen molar-refractivity contribution in [2.24, 2.45) is 5.10 Å². The van der Waals surface area contributed by atoms with E-state index in [4.69, 9.17) is 9.47 Å². The van der Waals surface area contributed by atoms with Crippen molar-refractivity contribution >= 4 is 27.3 Å². The fourth-order valence-electron chi connectivity index (χ4n) is 3.00. The van der Waals surface area contributed by atoms with E-state index in [1.165, 1.54) is 14.2 Å². The fourth-order valence-corrected chi connectivity index (χ4v) is 3.98. The first-order chi connectivity index (χ1) is 15.8. The summed E-state index contributed by atoms with van der Waals surface area (Å²) in [7, 11) is -0.587. The zero-order valence-electron chi connectivity index (χ0n) is 18.5. The summed E-state index contributed by atoms with van der Waals surface area (Å²) in [5.74, 6) is 0.531. The lowest BCUT2D eigenvalue weighted by atomic mass is 10.1. The third-order valence-corrected chi connectivity index (χ3v) is 5.84. The van der Waals surface area contributed by atoms with Gasteiger partial charge in [-0.3, -0.25) is 4.79 Å². The van der Waals surface area contributed by atoms with Crippen molar-refractivity contribution in [3.8, 4) is 11.5 Å². The van der Waals surface area contributed by atoms with Crippen LogP contribution in [0.1, 0.15) is 28.4 Å². The molecule has 2 N–H and O–H groups in total. The second-order valence-electron chi connectivity index (χ2n) is 7.13. The Kier molecular flexibility index (Phi) is 7.68. The maximum Gasteiger partial charge on any atom is 0.255 e. The zero-order valence-corrected chi connectivity index (χ0v) is 19.3. The molecule has 9 heteroatoms. The number of carbonyl (C=O) groups excluding carboxylic acids is 1. The Morgan fingerprint density at radius 2 is 1.52 bits per heavy atom. The highest BCUT2D eigenvalue weighted by molar-refractivity contribution is 7.88. The summed E-state index contributed by atoms with van der Waals surface area (Å²) in [4.78, 5) is 14.8. The maximum absolute atomic E-state index is 12.6. The second-order valence-corrected chi connectivity index (χ2v) is 8.84.